The van der Waals surface area contributed by atoms with Crippen LogP contribution in [0.5, 0.6) is 5.75 Å². The minimum Gasteiger partial charge on any atom is -0.507 e. The summed E-state index contributed by atoms with van der Waals surface area (Å²) in [5.74, 6) is 0.254. The van der Waals surface area contributed by atoms with Gasteiger partial charge in [0.05, 0.1) is 4.47 Å². The normalized spacial score (nSPS) is 12.8. The summed E-state index contributed by atoms with van der Waals surface area (Å²) in [6.07, 6.45) is 1.98. The Balaban J connectivity index is 2.93. The molecule has 2 nitrogen and oxygen atoms in total. The lowest BCUT2D eigenvalue weighted by molar-refractivity contribution is 0.469. The number of phenolic OH excluding ortho intramolecular Hbond substituents is 1. The maximum absolute atomic E-state index is 9.41. The first-order valence-corrected chi connectivity index (χ1v) is 5.19. The zero-order valence-corrected chi connectivity index (χ0v) is 9.21. The van der Waals surface area contributed by atoms with E-state index in [-0.39, 0.29) is 11.8 Å². The SMILES string of the molecule is CCC[C@H](N)c1cccc(O)c1Br. The second-order valence-electron chi connectivity index (χ2n) is 3.08. The topological polar surface area (TPSA) is 46.2 Å². The molecule has 0 aliphatic heterocycles. The van der Waals surface area contributed by atoms with Crippen LogP contribution in [-0.4, -0.2) is 5.11 Å². The van der Waals surface area contributed by atoms with Gasteiger partial charge in [0.2, 0.25) is 0 Å². The summed E-state index contributed by atoms with van der Waals surface area (Å²) in [6, 6.07) is 5.40. The van der Waals surface area contributed by atoms with Gasteiger partial charge in [-0.3, -0.25) is 0 Å². The fourth-order valence-corrected chi connectivity index (χ4v) is 1.85. The fourth-order valence-electron chi connectivity index (χ4n) is 1.29. The van der Waals surface area contributed by atoms with Crippen LogP contribution < -0.4 is 5.73 Å². The third-order valence-corrected chi connectivity index (χ3v) is 2.87. The van der Waals surface area contributed by atoms with Gasteiger partial charge in [0, 0.05) is 6.04 Å². The Morgan fingerprint density at radius 2 is 2.23 bits per heavy atom. The average Bonchev–Trinajstić information content (AvgIpc) is 2.10. The van der Waals surface area contributed by atoms with Crippen LogP contribution in [0, 0.1) is 0 Å². The molecular formula is C10H14BrNO. The van der Waals surface area contributed by atoms with Gasteiger partial charge in [-0.2, -0.15) is 0 Å². The highest BCUT2D eigenvalue weighted by molar-refractivity contribution is 9.10. The van der Waals surface area contributed by atoms with Crippen LogP contribution in [0.2, 0.25) is 0 Å². The second-order valence-corrected chi connectivity index (χ2v) is 3.87. The Bertz CT molecular complexity index is 288. The first kappa shape index (κ1) is 10.5. The molecule has 0 fully saturated rings. The van der Waals surface area contributed by atoms with Gasteiger partial charge >= 0.3 is 0 Å². The highest BCUT2D eigenvalue weighted by atomic mass is 79.9. The van der Waals surface area contributed by atoms with E-state index < -0.39 is 0 Å². The highest BCUT2D eigenvalue weighted by Crippen LogP contribution is 2.31. The molecule has 0 aromatic heterocycles. The van der Waals surface area contributed by atoms with Gasteiger partial charge in [-0.25, -0.2) is 0 Å². The lowest BCUT2D eigenvalue weighted by atomic mass is 10.0. The number of hydrogen-bond acceptors (Lipinski definition) is 2. The largest absolute Gasteiger partial charge is 0.507 e. The molecule has 0 unspecified atom stereocenters. The molecule has 0 aliphatic carbocycles. The van der Waals surface area contributed by atoms with E-state index in [0.717, 1.165) is 22.9 Å². The molecule has 0 saturated heterocycles. The summed E-state index contributed by atoms with van der Waals surface area (Å²) < 4.78 is 0.718. The Morgan fingerprint density at radius 1 is 1.54 bits per heavy atom. The molecule has 1 atom stereocenters. The minimum absolute atomic E-state index is 0.00600. The van der Waals surface area contributed by atoms with Crippen molar-refractivity contribution in [3.63, 3.8) is 0 Å². The summed E-state index contributed by atoms with van der Waals surface area (Å²) >= 11 is 3.32. The Hall–Kier alpha value is -0.540. The molecule has 0 amide bonds. The van der Waals surface area contributed by atoms with Crippen molar-refractivity contribution in [3.05, 3.63) is 28.2 Å². The van der Waals surface area contributed by atoms with Gasteiger partial charge in [-0.15, -0.1) is 0 Å². The van der Waals surface area contributed by atoms with E-state index >= 15 is 0 Å². The molecule has 0 heterocycles. The number of halogens is 1. The van der Waals surface area contributed by atoms with Gasteiger partial charge in [-0.05, 0) is 34.0 Å². The summed E-state index contributed by atoms with van der Waals surface area (Å²) in [5, 5.41) is 9.41. The second kappa shape index (κ2) is 4.63. The molecule has 0 aliphatic rings. The highest BCUT2D eigenvalue weighted by Gasteiger charge is 2.10. The van der Waals surface area contributed by atoms with E-state index in [1.54, 1.807) is 6.07 Å². The standard InChI is InChI=1S/C10H14BrNO/c1-2-4-8(12)7-5-3-6-9(13)10(7)11/h3,5-6,8,13H,2,4,12H2,1H3/t8-/m0/s1. The first-order chi connectivity index (χ1) is 6.16. The average molecular weight is 244 g/mol. The van der Waals surface area contributed by atoms with Crippen LogP contribution in [0.3, 0.4) is 0 Å². The van der Waals surface area contributed by atoms with E-state index in [9.17, 15) is 5.11 Å². The quantitative estimate of drug-likeness (QED) is 0.858. The van der Waals surface area contributed by atoms with Crippen LogP contribution in [0.1, 0.15) is 31.4 Å². The van der Waals surface area contributed by atoms with E-state index in [2.05, 4.69) is 22.9 Å². The molecule has 0 saturated carbocycles. The third kappa shape index (κ3) is 2.45. The van der Waals surface area contributed by atoms with Crippen LogP contribution in [0.25, 0.3) is 0 Å². The summed E-state index contributed by atoms with van der Waals surface area (Å²) in [5.41, 5.74) is 6.91. The molecule has 13 heavy (non-hydrogen) atoms. The first-order valence-electron chi connectivity index (χ1n) is 4.39. The molecule has 0 radical (unpaired) electrons. The molecule has 3 heteroatoms. The fraction of sp³-hybridized carbons (Fsp3) is 0.400. The van der Waals surface area contributed by atoms with Gasteiger partial charge < -0.3 is 10.8 Å². The van der Waals surface area contributed by atoms with Crippen LogP contribution in [0.15, 0.2) is 22.7 Å². The number of hydrogen-bond donors (Lipinski definition) is 2. The molecule has 0 bridgehead atoms. The lowest BCUT2D eigenvalue weighted by Gasteiger charge is -2.13. The van der Waals surface area contributed by atoms with Crippen molar-refractivity contribution in [2.45, 2.75) is 25.8 Å². The van der Waals surface area contributed by atoms with Crippen molar-refractivity contribution in [3.8, 4) is 5.75 Å². The maximum atomic E-state index is 9.41. The summed E-state index contributed by atoms with van der Waals surface area (Å²) in [7, 11) is 0. The lowest BCUT2D eigenvalue weighted by Crippen LogP contribution is -2.10. The van der Waals surface area contributed by atoms with Crippen LogP contribution in [0.4, 0.5) is 0 Å². The molecule has 0 spiro atoms. The van der Waals surface area contributed by atoms with Crippen molar-refractivity contribution in [2.24, 2.45) is 5.73 Å². The number of phenols is 1. The van der Waals surface area contributed by atoms with Gasteiger partial charge in [0.15, 0.2) is 0 Å². The third-order valence-electron chi connectivity index (χ3n) is 2.01. The summed E-state index contributed by atoms with van der Waals surface area (Å²) in [4.78, 5) is 0. The van der Waals surface area contributed by atoms with Crippen molar-refractivity contribution in [1.29, 1.82) is 0 Å². The zero-order valence-electron chi connectivity index (χ0n) is 7.63. The Labute approximate surface area is 86.9 Å². The van der Waals surface area contributed by atoms with E-state index in [1.165, 1.54) is 0 Å². The molecule has 72 valence electrons. The number of benzene rings is 1. The number of rotatable bonds is 3. The van der Waals surface area contributed by atoms with E-state index in [0.29, 0.717) is 0 Å². The van der Waals surface area contributed by atoms with Crippen molar-refractivity contribution >= 4 is 15.9 Å². The molecule has 3 N–H and O–H groups in total. The molecule has 1 aromatic carbocycles. The monoisotopic (exact) mass is 243 g/mol. The minimum atomic E-state index is 0.00600. The number of aromatic hydroxyl groups is 1. The molecular weight excluding hydrogens is 230 g/mol. The Kier molecular flexibility index (Phi) is 3.75. The van der Waals surface area contributed by atoms with Crippen molar-refractivity contribution in [1.82, 2.24) is 0 Å². The van der Waals surface area contributed by atoms with Gasteiger partial charge in [0.25, 0.3) is 0 Å². The zero-order chi connectivity index (χ0) is 9.84. The van der Waals surface area contributed by atoms with Crippen LogP contribution >= 0.6 is 15.9 Å². The van der Waals surface area contributed by atoms with Gasteiger partial charge in [-0.1, -0.05) is 25.5 Å². The van der Waals surface area contributed by atoms with Gasteiger partial charge in [0.1, 0.15) is 5.75 Å². The van der Waals surface area contributed by atoms with E-state index in [4.69, 9.17) is 5.73 Å². The van der Waals surface area contributed by atoms with Crippen LogP contribution in [-0.2, 0) is 0 Å². The number of nitrogens with two attached hydrogens (primary N) is 1. The predicted molar refractivity (Wildman–Crippen MR) is 57.6 cm³/mol. The smallest absolute Gasteiger partial charge is 0.130 e. The Morgan fingerprint density at radius 3 is 2.85 bits per heavy atom. The van der Waals surface area contributed by atoms with Crippen molar-refractivity contribution < 1.29 is 5.11 Å². The van der Waals surface area contributed by atoms with E-state index in [1.807, 2.05) is 12.1 Å². The maximum Gasteiger partial charge on any atom is 0.130 e. The predicted octanol–water partition coefficient (Wildman–Crippen LogP) is 2.95. The van der Waals surface area contributed by atoms with Crippen molar-refractivity contribution in [2.75, 3.05) is 0 Å². The summed E-state index contributed by atoms with van der Waals surface area (Å²) in [6.45, 7) is 2.09. The molecule has 1 rings (SSSR count). The molecule has 1 aromatic rings.